The zero-order valence-electron chi connectivity index (χ0n) is 11.3. The minimum atomic E-state index is -0.0944. The number of phenolic OH excluding ortho intramolecular Hbond substituents is 1. The van der Waals surface area contributed by atoms with Gasteiger partial charge in [-0.1, -0.05) is 11.6 Å². The minimum Gasteiger partial charge on any atom is -0.507 e. The molecule has 0 unspecified atom stereocenters. The molecule has 2 rings (SSSR count). The molecule has 1 aromatic carbocycles. The van der Waals surface area contributed by atoms with E-state index in [4.69, 9.17) is 0 Å². The lowest BCUT2D eigenvalue weighted by Gasteiger charge is -2.31. The van der Waals surface area contributed by atoms with Crippen molar-refractivity contribution >= 4 is 18.3 Å². The third kappa shape index (κ3) is 3.61. The van der Waals surface area contributed by atoms with Crippen LogP contribution < -0.4 is 5.32 Å². The largest absolute Gasteiger partial charge is 0.507 e. The number of benzene rings is 1. The van der Waals surface area contributed by atoms with Gasteiger partial charge in [0, 0.05) is 13.1 Å². The van der Waals surface area contributed by atoms with Crippen molar-refractivity contribution in [2.75, 3.05) is 20.1 Å². The first-order chi connectivity index (χ1) is 8.59. The minimum absolute atomic E-state index is 0. The molecule has 1 aliphatic heterocycles. The molecule has 0 atom stereocenters. The number of amides is 1. The molecule has 5 heteroatoms. The Morgan fingerprint density at radius 1 is 1.37 bits per heavy atom. The second-order valence-corrected chi connectivity index (χ2v) is 4.92. The smallest absolute Gasteiger partial charge is 0.257 e. The van der Waals surface area contributed by atoms with Gasteiger partial charge in [0.25, 0.3) is 5.91 Å². The average molecular weight is 285 g/mol. The fraction of sp³-hybridized carbons (Fsp3) is 0.500. The van der Waals surface area contributed by atoms with Gasteiger partial charge >= 0.3 is 0 Å². The number of hydrogen-bond donors (Lipinski definition) is 2. The Kier molecular flexibility index (Phi) is 5.63. The van der Waals surface area contributed by atoms with Crippen LogP contribution >= 0.6 is 12.4 Å². The van der Waals surface area contributed by atoms with Crippen LogP contribution in [0, 0.1) is 6.92 Å². The molecule has 0 saturated carbocycles. The van der Waals surface area contributed by atoms with Crippen LogP contribution in [-0.4, -0.2) is 42.1 Å². The first-order valence-corrected chi connectivity index (χ1v) is 6.37. The Morgan fingerprint density at radius 3 is 2.63 bits per heavy atom. The van der Waals surface area contributed by atoms with Gasteiger partial charge in [-0.15, -0.1) is 12.4 Å². The lowest BCUT2D eigenvalue weighted by molar-refractivity contribution is 0.0700. The number of nitrogens with one attached hydrogen (secondary N) is 1. The van der Waals surface area contributed by atoms with Crippen molar-refractivity contribution in [1.82, 2.24) is 10.2 Å². The van der Waals surface area contributed by atoms with Crippen LogP contribution in [0.1, 0.15) is 28.8 Å². The molecule has 1 heterocycles. The third-order valence-electron chi connectivity index (χ3n) is 3.56. The number of halogens is 1. The maximum absolute atomic E-state index is 12.4. The highest BCUT2D eigenvalue weighted by Gasteiger charge is 2.24. The Morgan fingerprint density at radius 2 is 2.00 bits per heavy atom. The molecular weight excluding hydrogens is 264 g/mol. The van der Waals surface area contributed by atoms with Crippen LogP contribution in [0.15, 0.2) is 18.2 Å². The average Bonchev–Trinajstić information content (AvgIpc) is 2.41. The van der Waals surface area contributed by atoms with Crippen molar-refractivity contribution in [1.29, 1.82) is 0 Å². The maximum atomic E-state index is 12.4. The molecule has 19 heavy (non-hydrogen) atoms. The molecule has 2 N–H and O–H groups in total. The van der Waals surface area contributed by atoms with E-state index in [0.29, 0.717) is 5.56 Å². The summed E-state index contributed by atoms with van der Waals surface area (Å²) in [5.41, 5.74) is 1.38. The molecule has 0 radical (unpaired) electrons. The predicted molar refractivity (Wildman–Crippen MR) is 78.1 cm³/mol. The van der Waals surface area contributed by atoms with Crippen LogP contribution in [0.3, 0.4) is 0 Å². The van der Waals surface area contributed by atoms with Gasteiger partial charge in [0.1, 0.15) is 5.75 Å². The molecule has 0 aliphatic carbocycles. The number of aromatic hydroxyl groups is 1. The van der Waals surface area contributed by atoms with Gasteiger partial charge in [-0.25, -0.2) is 0 Å². The molecule has 4 nitrogen and oxygen atoms in total. The number of carbonyl (C=O) groups is 1. The summed E-state index contributed by atoms with van der Waals surface area (Å²) in [5.74, 6) is -0.0329. The van der Waals surface area contributed by atoms with Crippen LogP contribution in [0.2, 0.25) is 0 Å². The molecule has 1 saturated heterocycles. The Labute approximate surface area is 120 Å². The molecule has 106 valence electrons. The van der Waals surface area contributed by atoms with E-state index in [-0.39, 0.29) is 30.1 Å². The van der Waals surface area contributed by atoms with E-state index >= 15 is 0 Å². The maximum Gasteiger partial charge on any atom is 0.257 e. The van der Waals surface area contributed by atoms with Crippen LogP contribution in [0.25, 0.3) is 0 Å². The lowest BCUT2D eigenvalue weighted by Crippen LogP contribution is -2.44. The number of carbonyl (C=O) groups excluding carboxylic acids is 1. The van der Waals surface area contributed by atoms with E-state index in [1.807, 2.05) is 14.0 Å². The van der Waals surface area contributed by atoms with Gasteiger partial charge in [-0.05, 0) is 45.0 Å². The predicted octanol–water partition coefficient (Wildman–Crippen LogP) is 1.95. The van der Waals surface area contributed by atoms with Crippen molar-refractivity contribution in [2.45, 2.75) is 25.8 Å². The topological polar surface area (TPSA) is 52.6 Å². The van der Waals surface area contributed by atoms with E-state index in [0.717, 1.165) is 31.5 Å². The first kappa shape index (κ1) is 15.8. The summed E-state index contributed by atoms with van der Waals surface area (Å²) in [5, 5.41) is 13.1. The Bertz CT molecular complexity index is 445. The van der Waals surface area contributed by atoms with Crippen LogP contribution in [0.5, 0.6) is 5.75 Å². The quantitative estimate of drug-likeness (QED) is 0.873. The normalized spacial score (nSPS) is 15.7. The molecule has 1 aliphatic rings. The Hall–Kier alpha value is -1.26. The second-order valence-electron chi connectivity index (χ2n) is 4.92. The van der Waals surface area contributed by atoms with E-state index in [2.05, 4.69) is 5.32 Å². The number of aryl methyl sites for hydroxylation is 1. The van der Waals surface area contributed by atoms with Gasteiger partial charge in [0.05, 0.1) is 5.56 Å². The summed E-state index contributed by atoms with van der Waals surface area (Å²) < 4.78 is 0. The van der Waals surface area contributed by atoms with Gasteiger partial charge < -0.3 is 15.3 Å². The number of phenols is 1. The highest BCUT2D eigenvalue weighted by atomic mass is 35.5. The molecule has 0 aromatic heterocycles. The summed E-state index contributed by atoms with van der Waals surface area (Å²) in [6, 6.07) is 5.39. The van der Waals surface area contributed by atoms with Crippen molar-refractivity contribution in [2.24, 2.45) is 0 Å². The van der Waals surface area contributed by atoms with Crippen LogP contribution in [-0.2, 0) is 0 Å². The van der Waals surface area contributed by atoms with Gasteiger partial charge in [0.15, 0.2) is 0 Å². The molecule has 0 spiro atoms. The van der Waals surface area contributed by atoms with E-state index < -0.39 is 0 Å². The van der Waals surface area contributed by atoms with Gasteiger partial charge in [-0.2, -0.15) is 0 Å². The van der Waals surface area contributed by atoms with Gasteiger partial charge in [-0.3, -0.25) is 4.79 Å². The van der Waals surface area contributed by atoms with Crippen molar-refractivity contribution in [3.8, 4) is 5.75 Å². The molecule has 0 bridgehead atoms. The van der Waals surface area contributed by atoms with Crippen LogP contribution in [0.4, 0.5) is 0 Å². The zero-order valence-corrected chi connectivity index (χ0v) is 12.2. The van der Waals surface area contributed by atoms with E-state index in [1.165, 1.54) is 0 Å². The standard InChI is InChI=1S/C14H20N2O2.ClH/c1-10-3-4-13(17)12(9-10)14(18)16(2)11-5-7-15-8-6-11;/h3-4,9,11,15,17H,5-8H2,1-2H3;1H. The molecule has 1 amide bonds. The molecule has 1 fully saturated rings. The zero-order chi connectivity index (χ0) is 13.1. The number of hydrogen-bond acceptors (Lipinski definition) is 3. The first-order valence-electron chi connectivity index (χ1n) is 6.37. The Balaban J connectivity index is 0.00000180. The van der Waals surface area contributed by atoms with E-state index in [1.54, 1.807) is 23.1 Å². The summed E-state index contributed by atoms with van der Waals surface area (Å²) >= 11 is 0. The summed E-state index contributed by atoms with van der Waals surface area (Å²) in [6.45, 7) is 3.81. The van der Waals surface area contributed by atoms with Gasteiger partial charge in [0.2, 0.25) is 0 Å². The molecule has 1 aromatic rings. The highest BCUT2D eigenvalue weighted by molar-refractivity contribution is 5.97. The number of piperidine rings is 1. The summed E-state index contributed by atoms with van der Waals surface area (Å²) in [4.78, 5) is 14.1. The fourth-order valence-electron chi connectivity index (χ4n) is 2.37. The SMILES string of the molecule is Cc1ccc(O)c(C(=O)N(C)C2CCNCC2)c1.Cl. The highest BCUT2D eigenvalue weighted by Crippen LogP contribution is 2.22. The van der Waals surface area contributed by atoms with Crippen molar-refractivity contribution in [3.63, 3.8) is 0 Å². The third-order valence-corrected chi connectivity index (χ3v) is 3.56. The summed E-state index contributed by atoms with van der Waals surface area (Å²) in [7, 11) is 1.82. The van der Waals surface area contributed by atoms with Crippen molar-refractivity contribution in [3.05, 3.63) is 29.3 Å². The van der Waals surface area contributed by atoms with E-state index in [9.17, 15) is 9.90 Å². The second kappa shape index (κ2) is 6.78. The number of rotatable bonds is 2. The van der Waals surface area contributed by atoms with Crippen molar-refractivity contribution < 1.29 is 9.90 Å². The fourth-order valence-corrected chi connectivity index (χ4v) is 2.37. The lowest BCUT2D eigenvalue weighted by atomic mass is 10.0. The molecular formula is C14H21ClN2O2. The monoisotopic (exact) mass is 284 g/mol. The number of nitrogens with zero attached hydrogens (tertiary/aromatic N) is 1. The summed E-state index contributed by atoms with van der Waals surface area (Å²) in [6.07, 6.45) is 1.93.